The van der Waals surface area contributed by atoms with Gasteiger partial charge in [0.15, 0.2) is 0 Å². The molecule has 1 fully saturated rings. The molecule has 1 aromatic carbocycles. The number of aryl methyl sites for hydroxylation is 1. The largest absolute Gasteiger partial charge is 0.444 e. The highest BCUT2D eigenvalue weighted by atomic mass is 16.6. The molecule has 0 saturated heterocycles. The molecular weight excluding hydrogens is 302 g/mol. The van der Waals surface area contributed by atoms with E-state index < -0.39 is 5.60 Å². The topological polar surface area (TPSA) is 55.4 Å². The molecule has 1 saturated carbocycles. The van der Waals surface area contributed by atoms with Crippen molar-refractivity contribution in [1.29, 1.82) is 0 Å². The molecule has 0 aliphatic heterocycles. The molecule has 1 N–H and O–H groups in total. The van der Waals surface area contributed by atoms with Crippen LogP contribution in [0.4, 0.5) is 4.79 Å². The lowest BCUT2D eigenvalue weighted by Gasteiger charge is -2.34. The molecule has 0 unspecified atom stereocenters. The SMILES string of the molecule is CC(C)(C)OC(=O)NCCC1CC(C(=O)CCc2ccccc2)C1. The van der Waals surface area contributed by atoms with E-state index in [1.54, 1.807) is 0 Å². The number of carbonyl (C=O) groups is 2. The molecule has 1 aromatic rings. The maximum Gasteiger partial charge on any atom is 0.407 e. The first-order valence-corrected chi connectivity index (χ1v) is 8.87. The van der Waals surface area contributed by atoms with Crippen LogP contribution in [0.25, 0.3) is 0 Å². The smallest absolute Gasteiger partial charge is 0.407 e. The Bertz CT molecular complexity index is 542. The van der Waals surface area contributed by atoms with E-state index in [2.05, 4.69) is 17.4 Å². The highest BCUT2D eigenvalue weighted by Gasteiger charge is 2.33. The fourth-order valence-corrected chi connectivity index (χ4v) is 3.04. The minimum Gasteiger partial charge on any atom is -0.444 e. The normalized spacial score (nSPS) is 20.1. The molecule has 4 heteroatoms. The second kappa shape index (κ2) is 8.32. The summed E-state index contributed by atoms with van der Waals surface area (Å²) in [6, 6.07) is 10.2. The summed E-state index contributed by atoms with van der Waals surface area (Å²) in [5.41, 5.74) is 0.764. The van der Waals surface area contributed by atoms with Gasteiger partial charge in [-0.25, -0.2) is 4.79 Å². The third-order valence-corrected chi connectivity index (χ3v) is 4.41. The third-order valence-electron chi connectivity index (χ3n) is 4.41. The van der Waals surface area contributed by atoms with Gasteiger partial charge in [-0.2, -0.15) is 0 Å². The molecule has 1 amide bonds. The summed E-state index contributed by atoms with van der Waals surface area (Å²) in [7, 11) is 0. The van der Waals surface area contributed by atoms with Crippen LogP contribution in [0.2, 0.25) is 0 Å². The first-order valence-electron chi connectivity index (χ1n) is 8.87. The minimum absolute atomic E-state index is 0.222. The van der Waals surface area contributed by atoms with E-state index >= 15 is 0 Å². The molecular formula is C20H29NO3. The third kappa shape index (κ3) is 6.34. The monoisotopic (exact) mass is 331 g/mol. The Kier molecular flexibility index (Phi) is 6.41. The molecule has 132 valence electrons. The van der Waals surface area contributed by atoms with Crippen molar-refractivity contribution in [2.45, 2.75) is 58.5 Å². The summed E-state index contributed by atoms with van der Waals surface area (Å²) in [6.07, 6.45) is 3.95. The van der Waals surface area contributed by atoms with E-state index in [4.69, 9.17) is 4.74 Å². The standard InChI is InChI=1S/C20H29NO3/c1-20(2,3)24-19(23)21-12-11-16-13-17(14-16)18(22)10-9-15-7-5-4-6-8-15/h4-8,16-17H,9-14H2,1-3H3,(H,21,23). The zero-order valence-electron chi connectivity index (χ0n) is 15.0. The number of hydrogen-bond donors (Lipinski definition) is 1. The van der Waals surface area contributed by atoms with Crippen LogP contribution in [-0.2, 0) is 16.0 Å². The number of alkyl carbamates (subject to hydrolysis) is 1. The number of ketones is 1. The number of carbonyl (C=O) groups excluding carboxylic acids is 2. The summed E-state index contributed by atoms with van der Waals surface area (Å²) in [5, 5.41) is 2.78. The van der Waals surface area contributed by atoms with Gasteiger partial charge in [0.2, 0.25) is 0 Å². The van der Waals surface area contributed by atoms with Crippen LogP contribution in [0.1, 0.15) is 52.0 Å². The molecule has 0 bridgehead atoms. The molecule has 1 aliphatic carbocycles. The highest BCUT2D eigenvalue weighted by Crippen LogP contribution is 2.37. The molecule has 0 heterocycles. The Morgan fingerprint density at radius 1 is 1.17 bits per heavy atom. The first-order chi connectivity index (χ1) is 11.3. The Hall–Kier alpha value is -1.84. The molecule has 4 nitrogen and oxygen atoms in total. The zero-order valence-corrected chi connectivity index (χ0v) is 15.0. The van der Waals surface area contributed by atoms with Crippen LogP contribution >= 0.6 is 0 Å². The summed E-state index contributed by atoms with van der Waals surface area (Å²) in [5.74, 6) is 1.15. The van der Waals surface area contributed by atoms with Gasteiger partial charge in [-0.15, -0.1) is 0 Å². The number of benzene rings is 1. The van der Waals surface area contributed by atoms with Crippen molar-refractivity contribution in [3.8, 4) is 0 Å². The van der Waals surface area contributed by atoms with Gasteiger partial charge in [0, 0.05) is 18.9 Å². The number of nitrogens with one attached hydrogen (secondary N) is 1. The number of hydrogen-bond acceptors (Lipinski definition) is 3. The van der Waals surface area contributed by atoms with Gasteiger partial charge < -0.3 is 10.1 Å². The first kappa shape index (κ1) is 18.5. The van der Waals surface area contributed by atoms with Crippen molar-refractivity contribution in [1.82, 2.24) is 5.32 Å². The second-order valence-electron chi connectivity index (χ2n) is 7.70. The van der Waals surface area contributed by atoms with Crippen LogP contribution in [-0.4, -0.2) is 24.0 Å². The van der Waals surface area contributed by atoms with Crippen LogP contribution < -0.4 is 5.32 Å². The summed E-state index contributed by atoms with van der Waals surface area (Å²) < 4.78 is 5.20. The fourth-order valence-electron chi connectivity index (χ4n) is 3.04. The van der Waals surface area contributed by atoms with Gasteiger partial charge in [-0.3, -0.25) is 4.79 Å². The average Bonchev–Trinajstić information content (AvgIpc) is 2.46. The van der Waals surface area contributed by atoms with Gasteiger partial charge in [-0.1, -0.05) is 30.3 Å². The van der Waals surface area contributed by atoms with E-state index in [-0.39, 0.29) is 12.0 Å². The summed E-state index contributed by atoms with van der Waals surface area (Å²) in [6.45, 7) is 6.17. The summed E-state index contributed by atoms with van der Waals surface area (Å²) >= 11 is 0. The van der Waals surface area contributed by atoms with Crippen molar-refractivity contribution < 1.29 is 14.3 Å². The van der Waals surface area contributed by atoms with Crippen LogP contribution in [0.3, 0.4) is 0 Å². The van der Waals surface area contributed by atoms with E-state index in [0.717, 1.165) is 25.7 Å². The molecule has 2 rings (SSSR count). The fraction of sp³-hybridized carbons (Fsp3) is 0.600. The lowest BCUT2D eigenvalue weighted by atomic mass is 9.70. The number of rotatable bonds is 7. The zero-order chi connectivity index (χ0) is 17.6. The van der Waals surface area contributed by atoms with E-state index in [1.807, 2.05) is 39.0 Å². The van der Waals surface area contributed by atoms with Crippen molar-refractivity contribution in [3.05, 3.63) is 35.9 Å². The van der Waals surface area contributed by atoms with E-state index in [9.17, 15) is 9.59 Å². The molecule has 0 radical (unpaired) electrons. The Labute approximate surface area is 145 Å². The predicted molar refractivity (Wildman–Crippen MR) is 94.8 cm³/mol. The summed E-state index contributed by atoms with van der Waals surface area (Å²) in [4.78, 5) is 23.7. The highest BCUT2D eigenvalue weighted by molar-refractivity contribution is 5.82. The maximum absolute atomic E-state index is 12.2. The average molecular weight is 331 g/mol. The van der Waals surface area contributed by atoms with Gasteiger partial charge in [0.1, 0.15) is 11.4 Å². The van der Waals surface area contributed by atoms with Gasteiger partial charge in [0.25, 0.3) is 0 Å². The molecule has 0 atom stereocenters. The maximum atomic E-state index is 12.2. The van der Waals surface area contributed by atoms with E-state index in [1.165, 1.54) is 5.56 Å². The minimum atomic E-state index is -0.461. The number of ether oxygens (including phenoxy) is 1. The Morgan fingerprint density at radius 2 is 1.83 bits per heavy atom. The Morgan fingerprint density at radius 3 is 2.46 bits per heavy atom. The van der Waals surface area contributed by atoms with Gasteiger partial charge in [-0.05, 0) is 57.9 Å². The predicted octanol–water partition coefficient (Wildman–Crippen LogP) is 4.13. The van der Waals surface area contributed by atoms with Crippen LogP contribution in [0, 0.1) is 11.8 Å². The van der Waals surface area contributed by atoms with Crippen LogP contribution in [0.15, 0.2) is 30.3 Å². The van der Waals surface area contributed by atoms with Crippen molar-refractivity contribution >= 4 is 11.9 Å². The van der Waals surface area contributed by atoms with Crippen molar-refractivity contribution in [2.75, 3.05) is 6.54 Å². The molecule has 1 aliphatic rings. The van der Waals surface area contributed by atoms with E-state index in [0.29, 0.717) is 24.7 Å². The Balaban J connectivity index is 1.56. The lowest BCUT2D eigenvalue weighted by Crippen LogP contribution is -2.36. The van der Waals surface area contributed by atoms with Crippen molar-refractivity contribution in [3.63, 3.8) is 0 Å². The molecule has 0 aromatic heterocycles. The quantitative estimate of drug-likeness (QED) is 0.817. The van der Waals surface area contributed by atoms with Crippen molar-refractivity contribution in [2.24, 2.45) is 11.8 Å². The van der Waals surface area contributed by atoms with Gasteiger partial charge >= 0.3 is 6.09 Å². The molecule has 0 spiro atoms. The van der Waals surface area contributed by atoms with Gasteiger partial charge in [0.05, 0.1) is 0 Å². The number of amides is 1. The second-order valence-corrected chi connectivity index (χ2v) is 7.70. The van der Waals surface area contributed by atoms with Crippen LogP contribution in [0.5, 0.6) is 0 Å². The number of Topliss-reactive ketones (excluding diaryl/α,β-unsaturated/α-hetero) is 1. The lowest BCUT2D eigenvalue weighted by molar-refractivity contribution is -0.126. The molecule has 24 heavy (non-hydrogen) atoms.